The first-order chi connectivity index (χ1) is 12.0. The minimum absolute atomic E-state index is 0.0356. The number of halogens is 1. The summed E-state index contributed by atoms with van der Waals surface area (Å²) >= 11 is 4.77. The number of amides is 2. The van der Waals surface area contributed by atoms with E-state index in [1.807, 2.05) is 37.3 Å². The quantitative estimate of drug-likeness (QED) is 0.686. The summed E-state index contributed by atoms with van der Waals surface area (Å²) in [5, 5.41) is 6.77. The third-order valence-corrected chi connectivity index (χ3v) is 5.98. The summed E-state index contributed by atoms with van der Waals surface area (Å²) in [6, 6.07) is 9.83. The summed E-state index contributed by atoms with van der Waals surface area (Å²) < 4.78 is 1.02. The molecule has 1 fully saturated rings. The molecular formula is C19H21BrN2O2S. The third kappa shape index (κ3) is 4.50. The zero-order valence-corrected chi connectivity index (χ0v) is 16.7. The average Bonchev–Trinajstić information content (AvgIpc) is 3.37. The van der Waals surface area contributed by atoms with E-state index in [9.17, 15) is 9.59 Å². The largest absolute Gasteiger partial charge is 0.345 e. The second-order valence-corrected chi connectivity index (χ2v) is 8.34. The second kappa shape index (κ2) is 7.70. The molecule has 132 valence electrons. The van der Waals surface area contributed by atoms with E-state index in [0.29, 0.717) is 4.88 Å². The number of benzene rings is 1. The maximum Gasteiger partial charge on any atom is 0.262 e. The number of aryl methyl sites for hydroxylation is 1. The molecule has 6 heteroatoms. The van der Waals surface area contributed by atoms with Gasteiger partial charge in [-0.3, -0.25) is 9.59 Å². The van der Waals surface area contributed by atoms with Crippen LogP contribution in [0.5, 0.6) is 0 Å². The normalized spacial score (nSPS) is 14.8. The van der Waals surface area contributed by atoms with Crippen LogP contribution in [0, 0.1) is 12.8 Å². The molecule has 0 aliphatic heterocycles. The molecule has 1 aliphatic rings. The number of anilines is 1. The highest BCUT2D eigenvalue weighted by atomic mass is 79.9. The summed E-state index contributed by atoms with van der Waals surface area (Å²) in [6.45, 7) is 3.95. The fourth-order valence-corrected chi connectivity index (χ4v) is 3.92. The molecule has 0 bridgehead atoms. The molecule has 2 N–H and O–H groups in total. The van der Waals surface area contributed by atoms with Crippen LogP contribution in [-0.2, 0) is 4.79 Å². The zero-order valence-electron chi connectivity index (χ0n) is 14.3. The standard InChI is InChI=1S/C19H21BrN2O2S/c1-3-15(12-6-8-14(20)9-7-12)21-19(24)17-11(2)10-16(25-17)22-18(23)13-4-5-13/h6-10,13,15H,3-5H2,1-2H3,(H,21,24)(H,22,23). The molecular weight excluding hydrogens is 400 g/mol. The Balaban J connectivity index is 1.70. The molecule has 1 aromatic carbocycles. The maximum atomic E-state index is 12.7. The average molecular weight is 421 g/mol. The zero-order chi connectivity index (χ0) is 18.0. The van der Waals surface area contributed by atoms with Crippen LogP contribution < -0.4 is 10.6 Å². The number of carbonyl (C=O) groups excluding carboxylic acids is 2. The van der Waals surface area contributed by atoms with E-state index in [2.05, 4.69) is 33.5 Å². The van der Waals surface area contributed by atoms with Crippen molar-refractivity contribution >= 4 is 44.1 Å². The number of thiophene rings is 1. The lowest BCUT2D eigenvalue weighted by Gasteiger charge is -2.17. The van der Waals surface area contributed by atoms with Crippen LogP contribution in [0.4, 0.5) is 5.00 Å². The van der Waals surface area contributed by atoms with Crippen LogP contribution in [0.1, 0.15) is 53.0 Å². The Kier molecular flexibility index (Phi) is 5.59. The number of hydrogen-bond acceptors (Lipinski definition) is 3. The van der Waals surface area contributed by atoms with Gasteiger partial charge in [-0.2, -0.15) is 0 Å². The Hall–Kier alpha value is -1.66. The van der Waals surface area contributed by atoms with Gasteiger partial charge in [0.05, 0.1) is 15.9 Å². The van der Waals surface area contributed by atoms with Crippen LogP contribution >= 0.6 is 27.3 Å². The third-order valence-electron chi connectivity index (χ3n) is 4.30. The van der Waals surface area contributed by atoms with Crippen molar-refractivity contribution in [2.45, 2.75) is 39.2 Å². The Morgan fingerprint density at radius 1 is 1.28 bits per heavy atom. The van der Waals surface area contributed by atoms with Gasteiger partial charge in [0.25, 0.3) is 5.91 Å². The van der Waals surface area contributed by atoms with Gasteiger partial charge >= 0.3 is 0 Å². The van der Waals surface area contributed by atoms with Crippen LogP contribution in [-0.4, -0.2) is 11.8 Å². The van der Waals surface area contributed by atoms with Crippen molar-refractivity contribution in [2.24, 2.45) is 5.92 Å². The highest BCUT2D eigenvalue weighted by molar-refractivity contribution is 9.10. The first-order valence-corrected chi connectivity index (χ1v) is 10.1. The maximum absolute atomic E-state index is 12.7. The van der Waals surface area contributed by atoms with Crippen LogP contribution in [0.2, 0.25) is 0 Å². The number of hydrogen-bond donors (Lipinski definition) is 2. The Morgan fingerprint density at radius 2 is 1.96 bits per heavy atom. The van der Waals surface area contributed by atoms with E-state index in [1.54, 1.807) is 0 Å². The fraction of sp³-hybridized carbons (Fsp3) is 0.368. The summed E-state index contributed by atoms with van der Waals surface area (Å²) in [4.78, 5) is 25.2. The minimum Gasteiger partial charge on any atom is -0.345 e. The molecule has 1 unspecified atom stereocenters. The molecule has 0 radical (unpaired) electrons. The van der Waals surface area contributed by atoms with Crippen molar-refractivity contribution in [1.82, 2.24) is 5.32 Å². The monoisotopic (exact) mass is 420 g/mol. The van der Waals surface area contributed by atoms with Crippen molar-refractivity contribution in [1.29, 1.82) is 0 Å². The van der Waals surface area contributed by atoms with E-state index in [4.69, 9.17) is 0 Å². The fourth-order valence-electron chi connectivity index (χ4n) is 2.68. The number of nitrogens with one attached hydrogen (secondary N) is 2. The molecule has 1 heterocycles. The predicted octanol–water partition coefficient (Wildman–Crippen LogP) is 5.05. The van der Waals surface area contributed by atoms with Crippen molar-refractivity contribution in [3.63, 3.8) is 0 Å². The molecule has 1 atom stereocenters. The second-order valence-electron chi connectivity index (χ2n) is 6.37. The van der Waals surface area contributed by atoms with Crippen molar-refractivity contribution < 1.29 is 9.59 Å². The van der Waals surface area contributed by atoms with Gasteiger partial charge in [0, 0.05) is 10.4 Å². The summed E-state index contributed by atoms with van der Waals surface area (Å²) in [6.07, 6.45) is 2.74. The molecule has 1 aromatic heterocycles. The smallest absolute Gasteiger partial charge is 0.262 e. The van der Waals surface area contributed by atoms with Gasteiger partial charge in [0.15, 0.2) is 0 Å². The Labute approximate surface area is 160 Å². The van der Waals surface area contributed by atoms with Gasteiger partial charge in [-0.15, -0.1) is 11.3 Å². The number of rotatable bonds is 6. The van der Waals surface area contributed by atoms with E-state index >= 15 is 0 Å². The first-order valence-electron chi connectivity index (χ1n) is 8.45. The summed E-state index contributed by atoms with van der Waals surface area (Å²) in [5.74, 6) is 0.125. The highest BCUT2D eigenvalue weighted by Crippen LogP contribution is 2.33. The topological polar surface area (TPSA) is 58.2 Å². The Morgan fingerprint density at radius 3 is 2.56 bits per heavy atom. The van der Waals surface area contributed by atoms with E-state index < -0.39 is 0 Å². The number of carbonyl (C=O) groups is 2. The molecule has 2 amide bonds. The van der Waals surface area contributed by atoms with Crippen LogP contribution in [0.3, 0.4) is 0 Å². The Bertz CT molecular complexity index is 781. The molecule has 25 heavy (non-hydrogen) atoms. The minimum atomic E-state index is -0.0933. The van der Waals surface area contributed by atoms with Gasteiger partial charge in [0.1, 0.15) is 0 Å². The van der Waals surface area contributed by atoms with Crippen molar-refractivity contribution in [3.8, 4) is 0 Å². The highest BCUT2D eigenvalue weighted by Gasteiger charge is 2.30. The molecule has 0 spiro atoms. The van der Waals surface area contributed by atoms with Gasteiger partial charge in [-0.25, -0.2) is 0 Å². The molecule has 3 rings (SSSR count). The summed E-state index contributed by atoms with van der Waals surface area (Å²) in [7, 11) is 0. The predicted molar refractivity (Wildman–Crippen MR) is 105 cm³/mol. The molecule has 1 aliphatic carbocycles. The van der Waals surface area contributed by atoms with E-state index in [0.717, 1.165) is 39.9 Å². The molecule has 2 aromatic rings. The van der Waals surface area contributed by atoms with Crippen LogP contribution in [0.25, 0.3) is 0 Å². The molecule has 0 saturated heterocycles. The van der Waals surface area contributed by atoms with E-state index in [1.165, 1.54) is 11.3 Å². The van der Waals surface area contributed by atoms with Crippen molar-refractivity contribution in [2.75, 3.05) is 5.32 Å². The molecule has 1 saturated carbocycles. The lowest BCUT2D eigenvalue weighted by Crippen LogP contribution is -2.27. The SMILES string of the molecule is CCC(NC(=O)c1sc(NC(=O)C2CC2)cc1C)c1ccc(Br)cc1. The van der Waals surface area contributed by atoms with Gasteiger partial charge in [0.2, 0.25) is 5.91 Å². The lowest BCUT2D eigenvalue weighted by molar-refractivity contribution is -0.117. The van der Waals surface area contributed by atoms with Gasteiger partial charge in [-0.05, 0) is 55.5 Å². The summed E-state index contributed by atoms with van der Waals surface area (Å²) in [5.41, 5.74) is 1.97. The van der Waals surface area contributed by atoms with Gasteiger partial charge < -0.3 is 10.6 Å². The first kappa shape index (κ1) is 18.1. The lowest BCUT2D eigenvalue weighted by atomic mass is 10.0. The van der Waals surface area contributed by atoms with Crippen molar-refractivity contribution in [3.05, 3.63) is 50.8 Å². The van der Waals surface area contributed by atoms with Gasteiger partial charge in [-0.1, -0.05) is 35.0 Å². The van der Waals surface area contributed by atoms with E-state index in [-0.39, 0.29) is 23.8 Å². The molecule has 4 nitrogen and oxygen atoms in total. The van der Waals surface area contributed by atoms with Crippen LogP contribution in [0.15, 0.2) is 34.8 Å².